The molecule has 1 saturated heterocycles. The smallest absolute Gasteiger partial charge is 0.169 e. The number of ether oxygens (including phenoxy) is 1. The summed E-state index contributed by atoms with van der Waals surface area (Å²) in [6.45, 7) is 5.87. The Morgan fingerprint density at radius 2 is 2.00 bits per heavy atom. The second-order valence-electron chi connectivity index (χ2n) is 5.86. The van der Waals surface area contributed by atoms with Gasteiger partial charge in [0.15, 0.2) is 5.11 Å². The van der Waals surface area contributed by atoms with Crippen LogP contribution in [0.25, 0.3) is 0 Å². The highest BCUT2D eigenvalue weighted by Gasteiger charge is 2.19. The zero-order valence-corrected chi connectivity index (χ0v) is 14.6. The number of thiocarbonyl (C=S) groups is 1. The summed E-state index contributed by atoms with van der Waals surface area (Å²) in [5, 5.41) is 4.24. The lowest BCUT2D eigenvalue weighted by Gasteiger charge is -2.37. The minimum Gasteiger partial charge on any atom is -0.497 e. The van der Waals surface area contributed by atoms with E-state index in [2.05, 4.69) is 41.3 Å². The van der Waals surface area contributed by atoms with Gasteiger partial charge in [-0.25, -0.2) is 0 Å². The van der Waals surface area contributed by atoms with Gasteiger partial charge in [-0.15, -0.1) is 0 Å². The third kappa shape index (κ3) is 4.74. The molecule has 0 aliphatic carbocycles. The molecule has 1 heterocycles. The SMILES string of the molecule is COc1cccc(N2CCN(C(=S)NCC[NH+](C)C)CC2)c1. The molecule has 0 aromatic heterocycles. The molecule has 1 aromatic rings. The van der Waals surface area contributed by atoms with Crippen molar-refractivity contribution in [1.82, 2.24) is 10.2 Å². The number of benzene rings is 1. The van der Waals surface area contributed by atoms with Gasteiger partial charge in [-0.05, 0) is 24.4 Å². The Kier molecular flexibility index (Phi) is 6.27. The van der Waals surface area contributed by atoms with Crippen LogP contribution < -0.4 is 19.9 Å². The number of piperazine rings is 1. The Morgan fingerprint density at radius 1 is 1.27 bits per heavy atom. The summed E-state index contributed by atoms with van der Waals surface area (Å²) in [7, 11) is 6.01. The third-order valence-electron chi connectivity index (χ3n) is 3.89. The predicted molar refractivity (Wildman–Crippen MR) is 95.1 cm³/mol. The second-order valence-corrected chi connectivity index (χ2v) is 6.25. The highest BCUT2D eigenvalue weighted by Crippen LogP contribution is 2.22. The van der Waals surface area contributed by atoms with Crippen LogP contribution in [0.4, 0.5) is 5.69 Å². The quantitative estimate of drug-likeness (QED) is 0.736. The fourth-order valence-electron chi connectivity index (χ4n) is 2.51. The number of anilines is 1. The maximum absolute atomic E-state index is 5.49. The number of quaternary nitrogens is 1. The van der Waals surface area contributed by atoms with Crippen LogP contribution in [0, 0.1) is 0 Å². The largest absolute Gasteiger partial charge is 0.497 e. The summed E-state index contributed by atoms with van der Waals surface area (Å²) in [6, 6.07) is 8.24. The van der Waals surface area contributed by atoms with Crippen LogP contribution in [0.3, 0.4) is 0 Å². The topological polar surface area (TPSA) is 32.2 Å². The summed E-state index contributed by atoms with van der Waals surface area (Å²) >= 11 is 5.49. The van der Waals surface area contributed by atoms with Crippen LogP contribution in [-0.2, 0) is 0 Å². The fraction of sp³-hybridized carbons (Fsp3) is 0.562. The Balaban J connectivity index is 1.81. The summed E-state index contributed by atoms with van der Waals surface area (Å²) in [5.41, 5.74) is 1.22. The lowest BCUT2D eigenvalue weighted by molar-refractivity contribution is -0.856. The van der Waals surface area contributed by atoms with E-state index in [1.165, 1.54) is 10.6 Å². The highest BCUT2D eigenvalue weighted by molar-refractivity contribution is 7.80. The molecule has 122 valence electrons. The molecule has 0 amide bonds. The molecular formula is C16H27N4OS+. The molecule has 6 heteroatoms. The van der Waals surface area contributed by atoms with Gasteiger partial charge in [-0.2, -0.15) is 0 Å². The van der Waals surface area contributed by atoms with Crippen molar-refractivity contribution in [2.45, 2.75) is 0 Å². The Morgan fingerprint density at radius 3 is 2.64 bits per heavy atom. The lowest BCUT2D eigenvalue weighted by atomic mass is 10.2. The first kappa shape index (κ1) is 16.8. The minimum absolute atomic E-state index is 0.881. The number of hydrogen-bond donors (Lipinski definition) is 2. The molecule has 1 aromatic carbocycles. The van der Waals surface area contributed by atoms with Gasteiger partial charge in [0, 0.05) is 37.9 Å². The van der Waals surface area contributed by atoms with Gasteiger partial charge in [0.2, 0.25) is 0 Å². The maximum atomic E-state index is 5.49. The van der Waals surface area contributed by atoms with E-state index in [0.717, 1.165) is 50.1 Å². The van der Waals surface area contributed by atoms with Gasteiger partial charge in [0.1, 0.15) is 5.75 Å². The first-order chi connectivity index (χ1) is 10.6. The van der Waals surface area contributed by atoms with Crippen molar-refractivity contribution in [2.75, 3.05) is 65.4 Å². The first-order valence-electron chi connectivity index (χ1n) is 7.81. The molecule has 0 bridgehead atoms. The molecule has 2 N–H and O–H groups in total. The Hall–Kier alpha value is -1.53. The van der Waals surface area contributed by atoms with Crippen LogP contribution in [0.15, 0.2) is 24.3 Å². The van der Waals surface area contributed by atoms with Gasteiger partial charge < -0.3 is 24.8 Å². The summed E-state index contributed by atoms with van der Waals surface area (Å²) in [5.74, 6) is 0.906. The van der Waals surface area contributed by atoms with Crippen LogP contribution in [0.5, 0.6) is 5.75 Å². The average Bonchev–Trinajstić information content (AvgIpc) is 2.54. The zero-order valence-electron chi connectivity index (χ0n) is 13.8. The van der Waals surface area contributed by atoms with Crippen molar-refractivity contribution in [3.8, 4) is 5.75 Å². The first-order valence-corrected chi connectivity index (χ1v) is 8.22. The van der Waals surface area contributed by atoms with Gasteiger partial charge in [-0.3, -0.25) is 0 Å². The molecule has 1 aliphatic rings. The monoisotopic (exact) mass is 323 g/mol. The van der Waals surface area contributed by atoms with Crippen molar-refractivity contribution in [3.63, 3.8) is 0 Å². The van der Waals surface area contributed by atoms with E-state index in [-0.39, 0.29) is 0 Å². The number of methoxy groups -OCH3 is 1. The van der Waals surface area contributed by atoms with Gasteiger partial charge >= 0.3 is 0 Å². The van der Waals surface area contributed by atoms with E-state index in [9.17, 15) is 0 Å². The molecule has 5 nitrogen and oxygen atoms in total. The maximum Gasteiger partial charge on any atom is 0.169 e. The van der Waals surface area contributed by atoms with Crippen LogP contribution >= 0.6 is 12.2 Å². The van der Waals surface area contributed by atoms with Crippen LogP contribution in [0.1, 0.15) is 0 Å². The number of rotatable bonds is 5. The molecule has 0 radical (unpaired) electrons. The van der Waals surface area contributed by atoms with Gasteiger partial charge in [-0.1, -0.05) is 6.07 Å². The molecule has 0 spiro atoms. The molecule has 1 aliphatic heterocycles. The number of likely N-dealkylation sites (N-methyl/N-ethyl adjacent to an activating group) is 1. The fourth-order valence-corrected chi connectivity index (χ4v) is 2.79. The molecular weight excluding hydrogens is 296 g/mol. The predicted octanol–water partition coefficient (Wildman–Crippen LogP) is -0.164. The van der Waals surface area contributed by atoms with Crippen molar-refractivity contribution in [3.05, 3.63) is 24.3 Å². The van der Waals surface area contributed by atoms with Crippen molar-refractivity contribution >= 4 is 23.0 Å². The minimum atomic E-state index is 0.881. The Labute approximate surface area is 138 Å². The number of nitrogens with one attached hydrogen (secondary N) is 2. The van der Waals surface area contributed by atoms with E-state index in [1.807, 2.05) is 12.1 Å². The zero-order chi connectivity index (χ0) is 15.9. The molecule has 2 rings (SSSR count). The third-order valence-corrected chi connectivity index (χ3v) is 4.29. The molecule has 0 atom stereocenters. The number of nitrogens with zero attached hydrogens (tertiary/aromatic N) is 2. The van der Waals surface area contributed by atoms with E-state index in [4.69, 9.17) is 17.0 Å². The van der Waals surface area contributed by atoms with Gasteiger partial charge in [0.25, 0.3) is 0 Å². The van der Waals surface area contributed by atoms with Crippen LogP contribution in [0.2, 0.25) is 0 Å². The summed E-state index contributed by atoms with van der Waals surface area (Å²) < 4.78 is 5.30. The highest BCUT2D eigenvalue weighted by atomic mass is 32.1. The lowest BCUT2D eigenvalue weighted by Crippen LogP contribution is -3.06. The van der Waals surface area contributed by atoms with Gasteiger partial charge in [0.05, 0.1) is 34.3 Å². The van der Waals surface area contributed by atoms with E-state index < -0.39 is 0 Å². The normalized spacial score (nSPS) is 15.1. The molecule has 1 fully saturated rings. The van der Waals surface area contributed by atoms with Crippen molar-refractivity contribution in [2.24, 2.45) is 0 Å². The molecule has 22 heavy (non-hydrogen) atoms. The van der Waals surface area contributed by atoms with E-state index in [1.54, 1.807) is 7.11 Å². The standard InChI is InChI=1S/C16H26N4OS/c1-18(2)8-7-17-16(22)20-11-9-19(10-12-20)14-5-4-6-15(13-14)21-3/h4-6,13H,7-12H2,1-3H3,(H,17,22)/p+1. The number of hydrogen-bond acceptors (Lipinski definition) is 3. The van der Waals surface area contributed by atoms with E-state index in [0.29, 0.717) is 0 Å². The van der Waals surface area contributed by atoms with Crippen molar-refractivity contribution < 1.29 is 9.64 Å². The summed E-state index contributed by atoms with van der Waals surface area (Å²) in [6.07, 6.45) is 0. The van der Waals surface area contributed by atoms with Crippen molar-refractivity contribution in [1.29, 1.82) is 0 Å². The average molecular weight is 323 g/mol. The van der Waals surface area contributed by atoms with Crippen LogP contribution in [-0.4, -0.2) is 70.5 Å². The Bertz CT molecular complexity index is 487. The summed E-state index contributed by atoms with van der Waals surface area (Å²) in [4.78, 5) is 6.07. The molecule has 0 saturated carbocycles. The van der Waals surface area contributed by atoms with E-state index >= 15 is 0 Å². The second kappa shape index (κ2) is 8.19. The molecule has 0 unspecified atom stereocenters.